The Labute approximate surface area is 228 Å². The molecule has 38 heavy (non-hydrogen) atoms. The van der Waals surface area contributed by atoms with Crippen LogP contribution in [0.25, 0.3) is 0 Å². The Kier molecular flexibility index (Phi) is 7.47. The lowest BCUT2D eigenvalue weighted by Gasteiger charge is -2.58. The first-order valence-electron chi connectivity index (χ1n) is 11.6. The van der Waals surface area contributed by atoms with Crippen molar-refractivity contribution in [3.63, 3.8) is 0 Å². The second kappa shape index (κ2) is 10.1. The van der Waals surface area contributed by atoms with Gasteiger partial charge in [0.1, 0.15) is 10.9 Å². The minimum Gasteiger partial charge on any atom is -0.366 e. The van der Waals surface area contributed by atoms with Gasteiger partial charge in [-0.1, -0.05) is 29.3 Å². The summed E-state index contributed by atoms with van der Waals surface area (Å²) in [6, 6.07) is 4.71. The van der Waals surface area contributed by atoms with Crippen molar-refractivity contribution < 1.29 is 31.6 Å². The van der Waals surface area contributed by atoms with Gasteiger partial charge in [0.2, 0.25) is 27.5 Å². The molecule has 2 atom stereocenters. The molecule has 2 fully saturated rings. The highest BCUT2D eigenvalue weighted by molar-refractivity contribution is 7.89. The van der Waals surface area contributed by atoms with Gasteiger partial charge in [0.15, 0.2) is 11.6 Å². The van der Waals surface area contributed by atoms with E-state index in [1.54, 1.807) is 13.8 Å². The van der Waals surface area contributed by atoms with E-state index in [2.05, 4.69) is 0 Å². The standard InChI is InChI=1S/C24H24Cl2F2N4O5S/c1-13(2)30-12-24(23(29)35)31(38(36,37)20-6-4-15(25)11-16(20)26)8-7-21(33)32(24)19(22(30)34)10-14-3-5-17(27)18(28)9-14/h3-6,9,11,13,19H,7-8,10,12H2,1-2H3,(H2,29,35). The molecule has 2 unspecified atom stereocenters. The Morgan fingerprint density at radius 1 is 1.13 bits per heavy atom. The number of hydrogen-bond acceptors (Lipinski definition) is 5. The number of benzene rings is 2. The highest BCUT2D eigenvalue weighted by Gasteiger charge is 2.64. The maximum atomic E-state index is 14.0. The largest absolute Gasteiger partial charge is 0.366 e. The SMILES string of the molecule is CC(C)N1CC2(C(N)=O)N(C(=O)CCN2S(=O)(=O)c2ccc(Cl)cc2Cl)C(Cc2ccc(F)c(F)c2)C1=O. The topological polar surface area (TPSA) is 121 Å². The number of nitrogens with two attached hydrogens (primary N) is 1. The number of amides is 3. The molecule has 14 heteroatoms. The molecule has 0 radical (unpaired) electrons. The van der Waals surface area contributed by atoms with Crippen molar-refractivity contribution >= 4 is 50.9 Å². The van der Waals surface area contributed by atoms with Crippen LogP contribution in [0, 0.1) is 11.6 Å². The third-order valence-corrected chi connectivity index (χ3v) is 9.41. The summed E-state index contributed by atoms with van der Waals surface area (Å²) in [7, 11) is -4.58. The van der Waals surface area contributed by atoms with Crippen molar-refractivity contribution in [1.82, 2.24) is 14.1 Å². The molecule has 2 aromatic carbocycles. The van der Waals surface area contributed by atoms with Crippen LogP contribution in [0.4, 0.5) is 8.78 Å². The van der Waals surface area contributed by atoms with Crippen LogP contribution < -0.4 is 5.73 Å². The lowest BCUT2D eigenvalue weighted by Crippen LogP contribution is -2.83. The van der Waals surface area contributed by atoms with Gasteiger partial charge in [-0.25, -0.2) is 17.2 Å². The highest BCUT2D eigenvalue weighted by Crippen LogP contribution is 2.41. The zero-order valence-corrected chi connectivity index (χ0v) is 22.7. The molecule has 3 amide bonds. The summed E-state index contributed by atoms with van der Waals surface area (Å²) in [4.78, 5) is 42.0. The molecule has 9 nitrogen and oxygen atoms in total. The summed E-state index contributed by atoms with van der Waals surface area (Å²) < 4.78 is 56.2. The monoisotopic (exact) mass is 588 g/mol. The first-order valence-corrected chi connectivity index (χ1v) is 13.8. The number of sulfonamides is 1. The maximum Gasteiger partial charge on any atom is 0.261 e. The minimum absolute atomic E-state index is 0.153. The van der Waals surface area contributed by atoms with E-state index in [4.69, 9.17) is 28.9 Å². The van der Waals surface area contributed by atoms with Gasteiger partial charge in [-0.3, -0.25) is 14.4 Å². The summed E-state index contributed by atoms with van der Waals surface area (Å²) >= 11 is 12.1. The molecule has 2 saturated heterocycles. The average molecular weight is 589 g/mol. The van der Waals surface area contributed by atoms with E-state index in [1.807, 2.05) is 0 Å². The van der Waals surface area contributed by atoms with Gasteiger partial charge >= 0.3 is 0 Å². The van der Waals surface area contributed by atoms with Gasteiger partial charge in [-0.15, -0.1) is 0 Å². The Morgan fingerprint density at radius 3 is 2.39 bits per heavy atom. The molecule has 0 saturated carbocycles. The molecule has 2 N–H and O–H groups in total. The fourth-order valence-corrected chi connectivity index (χ4v) is 7.43. The molecule has 0 aromatic heterocycles. The van der Waals surface area contributed by atoms with Crippen molar-refractivity contribution in [3.05, 3.63) is 63.6 Å². The van der Waals surface area contributed by atoms with Gasteiger partial charge in [0, 0.05) is 30.5 Å². The van der Waals surface area contributed by atoms with Crippen LogP contribution >= 0.6 is 23.2 Å². The quantitative estimate of drug-likeness (QED) is 0.556. The van der Waals surface area contributed by atoms with E-state index in [1.165, 1.54) is 29.2 Å². The van der Waals surface area contributed by atoms with Crippen LogP contribution in [0.2, 0.25) is 10.0 Å². The Morgan fingerprint density at radius 2 is 1.82 bits per heavy atom. The fourth-order valence-electron chi connectivity index (χ4n) is 4.98. The van der Waals surface area contributed by atoms with Crippen LogP contribution in [0.1, 0.15) is 25.8 Å². The molecule has 4 rings (SSSR count). The number of halogens is 4. The molecule has 0 bridgehead atoms. The summed E-state index contributed by atoms with van der Waals surface area (Å²) in [5.41, 5.74) is 3.70. The zero-order valence-electron chi connectivity index (χ0n) is 20.3. The minimum atomic E-state index is -4.58. The molecular formula is C24H24Cl2F2N4O5S. The van der Waals surface area contributed by atoms with Crippen LogP contribution in [0.15, 0.2) is 41.3 Å². The smallest absolute Gasteiger partial charge is 0.261 e. The fraction of sp³-hybridized carbons (Fsp3) is 0.375. The Bertz CT molecular complexity index is 1440. The van der Waals surface area contributed by atoms with Gasteiger partial charge in [0.25, 0.3) is 5.91 Å². The molecule has 0 spiro atoms. The molecule has 2 aliphatic heterocycles. The van der Waals surface area contributed by atoms with Crippen molar-refractivity contribution in [2.45, 2.75) is 49.3 Å². The number of carbonyl (C=O) groups is 3. The predicted molar refractivity (Wildman–Crippen MR) is 134 cm³/mol. The van der Waals surface area contributed by atoms with Gasteiger partial charge in [-0.2, -0.15) is 4.31 Å². The Balaban J connectivity index is 1.92. The van der Waals surface area contributed by atoms with Crippen molar-refractivity contribution in [2.24, 2.45) is 5.73 Å². The molecule has 2 aliphatic rings. The Hall–Kier alpha value is -2.80. The lowest BCUT2D eigenvalue weighted by molar-refractivity contribution is -0.186. The predicted octanol–water partition coefficient (Wildman–Crippen LogP) is 2.54. The number of fused-ring (bicyclic) bond motifs is 1. The molecule has 204 valence electrons. The van der Waals surface area contributed by atoms with E-state index in [0.29, 0.717) is 0 Å². The van der Waals surface area contributed by atoms with Gasteiger partial charge in [-0.05, 0) is 49.7 Å². The lowest BCUT2D eigenvalue weighted by atomic mass is 9.90. The van der Waals surface area contributed by atoms with E-state index in [-0.39, 0.29) is 33.3 Å². The summed E-state index contributed by atoms with van der Waals surface area (Å²) in [6.07, 6.45) is -0.696. The average Bonchev–Trinajstić information content (AvgIpc) is 2.82. The molecule has 0 aliphatic carbocycles. The van der Waals surface area contributed by atoms with Gasteiger partial charge in [0.05, 0.1) is 11.6 Å². The molecule has 2 aromatic rings. The van der Waals surface area contributed by atoms with Crippen LogP contribution in [0.5, 0.6) is 0 Å². The number of nitrogens with zero attached hydrogens (tertiary/aromatic N) is 3. The van der Waals surface area contributed by atoms with Crippen LogP contribution in [0.3, 0.4) is 0 Å². The second-order valence-electron chi connectivity index (χ2n) is 9.37. The molecular weight excluding hydrogens is 565 g/mol. The third-order valence-electron chi connectivity index (χ3n) is 6.77. The number of piperazine rings is 1. The van der Waals surface area contributed by atoms with E-state index >= 15 is 0 Å². The van der Waals surface area contributed by atoms with Gasteiger partial charge < -0.3 is 15.5 Å². The van der Waals surface area contributed by atoms with Crippen molar-refractivity contribution in [1.29, 1.82) is 0 Å². The maximum absolute atomic E-state index is 14.0. The normalized spacial score (nSPS) is 22.7. The third kappa shape index (κ3) is 4.53. The van der Waals surface area contributed by atoms with Crippen LogP contribution in [-0.2, 0) is 30.8 Å². The zero-order chi connectivity index (χ0) is 28.2. The van der Waals surface area contributed by atoms with E-state index < -0.39 is 70.2 Å². The number of hydrogen-bond donors (Lipinski definition) is 1. The number of rotatable bonds is 6. The summed E-state index contributed by atoms with van der Waals surface area (Å²) in [6.45, 7) is 2.34. The number of primary amides is 1. The molecule has 2 heterocycles. The van der Waals surface area contributed by atoms with E-state index in [0.717, 1.165) is 21.3 Å². The number of carbonyl (C=O) groups excluding carboxylic acids is 3. The van der Waals surface area contributed by atoms with Crippen molar-refractivity contribution in [3.8, 4) is 0 Å². The summed E-state index contributed by atoms with van der Waals surface area (Å²) in [5.74, 6) is -4.75. The van der Waals surface area contributed by atoms with Crippen LogP contribution in [-0.4, -0.2) is 71.1 Å². The van der Waals surface area contributed by atoms with Crippen molar-refractivity contribution in [2.75, 3.05) is 13.1 Å². The second-order valence-corrected chi connectivity index (χ2v) is 12.0. The summed E-state index contributed by atoms with van der Waals surface area (Å²) in [5, 5.41) is -0.0404. The first kappa shape index (κ1) is 28.2. The highest BCUT2D eigenvalue weighted by atomic mass is 35.5. The first-order chi connectivity index (χ1) is 17.7. The van der Waals surface area contributed by atoms with E-state index in [9.17, 15) is 31.6 Å².